The zero-order valence-corrected chi connectivity index (χ0v) is 12.5. The van der Waals surface area contributed by atoms with Gasteiger partial charge in [-0.25, -0.2) is 0 Å². The van der Waals surface area contributed by atoms with Gasteiger partial charge in [-0.1, -0.05) is 37.1 Å². The fourth-order valence-electron chi connectivity index (χ4n) is 2.98. The minimum atomic E-state index is -0.763. The molecule has 0 aliphatic heterocycles. The predicted molar refractivity (Wildman–Crippen MR) is 80.8 cm³/mol. The predicted octanol–water partition coefficient (Wildman–Crippen LogP) is 3.64. The zero-order valence-electron chi connectivity index (χ0n) is 12.5. The lowest BCUT2D eigenvalue weighted by Gasteiger charge is -2.24. The topological polar surface area (TPSA) is 40.5 Å². The Morgan fingerprint density at radius 3 is 2.35 bits per heavy atom. The summed E-state index contributed by atoms with van der Waals surface area (Å²) in [5.74, 6) is -0.0226. The first-order valence-corrected chi connectivity index (χ1v) is 7.61. The Bertz CT molecular complexity index is 433. The van der Waals surface area contributed by atoms with E-state index in [4.69, 9.17) is 5.11 Å². The van der Waals surface area contributed by atoms with Gasteiger partial charge in [0.05, 0.1) is 6.54 Å². The third kappa shape index (κ3) is 4.07. The van der Waals surface area contributed by atoms with Gasteiger partial charge in [0.15, 0.2) is 0 Å². The van der Waals surface area contributed by atoms with Crippen LogP contribution in [0.5, 0.6) is 0 Å². The Labute approximate surface area is 121 Å². The molecule has 3 nitrogen and oxygen atoms in total. The molecule has 1 N–H and O–H groups in total. The number of aliphatic carboxylic acids is 1. The number of benzene rings is 1. The van der Waals surface area contributed by atoms with Crippen molar-refractivity contribution in [1.82, 2.24) is 4.90 Å². The van der Waals surface area contributed by atoms with Crippen molar-refractivity contribution in [1.29, 1.82) is 0 Å². The SMILES string of the molecule is CC(C)N(CC(=O)O)Cc1ccc(C2CCCC2)cc1. The van der Waals surface area contributed by atoms with Crippen LogP contribution in [0, 0.1) is 0 Å². The minimum absolute atomic E-state index is 0.0992. The Morgan fingerprint density at radius 1 is 1.25 bits per heavy atom. The first-order chi connectivity index (χ1) is 9.56. The second-order valence-corrected chi connectivity index (χ2v) is 6.12. The number of rotatable bonds is 6. The quantitative estimate of drug-likeness (QED) is 0.861. The summed E-state index contributed by atoms with van der Waals surface area (Å²) < 4.78 is 0. The molecule has 0 heterocycles. The molecular weight excluding hydrogens is 250 g/mol. The highest BCUT2D eigenvalue weighted by Crippen LogP contribution is 2.34. The van der Waals surface area contributed by atoms with Crippen LogP contribution < -0.4 is 0 Å². The molecule has 20 heavy (non-hydrogen) atoms. The average molecular weight is 275 g/mol. The van der Waals surface area contributed by atoms with E-state index in [0.717, 1.165) is 5.92 Å². The molecule has 0 radical (unpaired) electrons. The number of carboxylic acid groups (broad SMARTS) is 1. The van der Waals surface area contributed by atoms with E-state index in [9.17, 15) is 4.79 Å². The molecule has 3 heteroatoms. The van der Waals surface area contributed by atoms with Crippen LogP contribution in [-0.4, -0.2) is 28.6 Å². The van der Waals surface area contributed by atoms with E-state index in [1.54, 1.807) is 0 Å². The lowest BCUT2D eigenvalue weighted by molar-refractivity contribution is -0.138. The van der Waals surface area contributed by atoms with Crippen molar-refractivity contribution in [3.8, 4) is 0 Å². The van der Waals surface area contributed by atoms with Gasteiger partial charge in [0.25, 0.3) is 0 Å². The summed E-state index contributed by atoms with van der Waals surface area (Å²) in [7, 11) is 0. The molecule has 1 aromatic rings. The second-order valence-electron chi connectivity index (χ2n) is 6.12. The fourth-order valence-corrected chi connectivity index (χ4v) is 2.98. The minimum Gasteiger partial charge on any atom is -0.480 e. The van der Waals surface area contributed by atoms with Gasteiger partial charge >= 0.3 is 5.97 Å². The molecule has 1 aliphatic rings. The maximum Gasteiger partial charge on any atom is 0.317 e. The normalized spacial score (nSPS) is 16.2. The van der Waals surface area contributed by atoms with E-state index in [2.05, 4.69) is 24.3 Å². The Kier molecular flexibility index (Phi) is 5.18. The number of carboxylic acids is 1. The van der Waals surface area contributed by atoms with E-state index in [1.807, 2.05) is 18.7 Å². The Morgan fingerprint density at radius 2 is 1.85 bits per heavy atom. The number of hydrogen-bond donors (Lipinski definition) is 1. The number of hydrogen-bond acceptors (Lipinski definition) is 2. The second kappa shape index (κ2) is 6.89. The van der Waals surface area contributed by atoms with E-state index >= 15 is 0 Å². The first kappa shape index (κ1) is 15.0. The highest BCUT2D eigenvalue weighted by atomic mass is 16.4. The van der Waals surface area contributed by atoms with E-state index in [1.165, 1.54) is 36.8 Å². The summed E-state index contributed by atoms with van der Waals surface area (Å²) in [4.78, 5) is 12.9. The lowest BCUT2D eigenvalue weighted by Crippen LogP contribution is -2.35. The van der Waals surface area contributed by atoms with Crippen LogP contribution >= 0.6 is 0 Å². The monoisotopic (exact) mass is 275 g/mol. The molecule has 0 unspecified atom stereocenters. The van der Waals surface area contributed by atoms with Gasteiger partial charge in [0, 0.05) is 12.6 Å². The lowest BCUT2D eigenvalue weighted by atomic mass is 9.96. The van der Waals surface area contributed by atoms with Crippen molar-refractivity contribution in [2.75, 3.05) is 6.54 Å². The van der Waals surface area contributed by atoms with E-state index in [0.29, 0.717) is 6.54 Å². The van der Waals surface area contributed by atoms with Crippen molar-refractivity contribution >= 4 is 5.97 Å². The van der Waals surface area contributed by atoms with E-state index < -0.39 is 5.97 Å². The van der Waals surface area contributed by atoms with Gasteiger partial charge in [-0.15, -0.1) is 0 Å². The molecule has 1 fully saturated rings. The molecule has 0 bridgehead atoms. The average Bonchev–Trinajstić information content (AvgIpc) is 2.92. The molecule has 1 saturated carbocycles. The Hall–Kier alpha value is -1.35. The molecule has 0 atom stereocenters. The van der Waals surface area contributed by atoms with Gasteiger partial charge in [0.1, 0.15) is 0 Å². The van der Waals surface area contributed by atoms with Crippen molar-refractivity contribution in [2.45, 2.75) is 58.0 Å². The van der Waals surface area contributed by atoms with Gasteiger partial charge < -0.3 is 5.11 Å². The van der Waals surface area contributed by atoms with Crippen LogP contribution in [0.1, 0.15) is 56.6 Å². The van der Waals surface area contributed by atoms with Crippen LogP contribution in [0.2, 0.25) is 0 Å². The van der Waals surface area contributed by atoms with Gasteiger partial charge in [-0.2, -0.15) is 0 Å². The van der Waals surface area contributed by atoms with Crippen molar-refractivity contribution < 1.29 is 9.90 Å². The standard InChI is InChI=1S/C17H25NO2/c1-13(2)18(12-17(19)20)11-14-7-9-16(10-8-14)15-5-3-4-6-15/h7-10,13,15H,3-6,11-12H2,1-2H3,(H,19,20). The van der Waals surface area contributed by atoms with Gasteiger partial charge in [-0.3, -0.25) is 9.69 Å². The third-order valence-corrected chi connectivity index (χ3v) is 4.26. The maximum absolute atomic E-state index is 10.9. The van der Waals surface area contributed by atoms with Crippen LogP contribution in [-0.2, 0) is 11.3 Å². The summed E-state index contributed by atoms with van der Waals surface area (Å²) in [6.07, 6.45) is 5.34. The molecule has 0 amide bonds. The van der Waals surface area contributed by atoms with Crippen LogP contribution in [0.25, 0.3) is 0 Å². The number of nitrogens with zero attached hydrogens (tertiary/aromatic N) is 1. The highest BCUT2D eigenvalue weighted by molar-refractivity contribution is 5.69. The number of carbonyl (C=O) groups is 1. The largest absolute Gasteiger partial charge is 0.480 e. The smallest absolute Gasteiger partial charge is 0.317 e. The third-order valence-electron chi connectivity index (χ3n) is 4.26. The molecule has 0 saturated heterocycles. The van der Waals surface area contributed by atoms with Crippen LogP contribution in [0.15, 0.2) is 24.3 Å². The fraction of sp³-hybridized carbons (Fsp3) is 0.588. The van der Waals surface area contributed by atoms with Crippen LogP contribution in [0.3, 0.4) is 0 Å². The Balaban J connectivity index is 1.99. The van der Waals surface area contributed by atoms with Crippen molar-refractivity contribution in [2.24, 2.45) is 0 Å². The first-order valence-electron chi connectivity index (χ1n) is 7.61. The van der Waals surface area contributed by atoms with E-state index in [-0.39, 0.29) is 12.6 Å². The van der Waals surface area contributed by atoms with Gasteiger partial charge in [0.2, 0.25) is 0 Å². The molecule has 0 aromatic heterocycles. The molecule has 2 rings (SSSR count). The zero-order chi connectivity index (χ0) is 14.5. The summed E-state index contributed by atoms with van der Waals surface area (Å²) >= 11 is 0. The summed E-state index contributed by atoms with van der Waals surface area (Å²) in [5, 5.41) is 8.96. The molecular formula is C17H25NO2. The molecule has 1 aliphatic carbocycles. The highest BCUT2D eigenvalue weighted by Gasteiger charge is 2.17. The van der Waals surface area contributed by atoms with Crippen molar-refractivity contribution in [3.63, 3.8) is 0 Å². The summed E-state index contributed by atoms with van der Waals surface area (Å²) in [6, 6.07) is 9.01. The summed E-state index contributed by atoms with van der Waals surface area (Å²) in [5.41, 5.74) is 2.64. The van der Waals surface area contributed by atoms with Crippen LogP contribution in [0.4, 0.5) is 0 Å². The molecule has 110 valence electrons. The summed E-state index contributed by atoms with van der Waals surface area (Å²) in [6.45, 7) is 4.88. The maximum atomic E-state index is 10.9. The molecule has 1 aromatic carbocycles. The molecule has 0 spiro atoms. The van der Waals surface area contributed by atoms with Gasteiger partial charge in [-0.05, 0) is 43.7 Å². The van der Waals surface area contributed by atoms with Crippen molar-refractivity contribution in [3.05, 3.63) is 35.4 Å².